The second kappa shape index (κ2) is 8.39. The average Bonchev–Trinajstić information content (AvgIpc) is 3.62. The second-order valence-corrected chi connectivity index (χ2v) is 10.4. The number of anilines is 1. The lowest BCUT2D eigenvalue weighted by atomic mass is 9.93. The largest absolute Gasteiger partial charge is 0.358 e. The molecule has 0 spiro atoms. The number of fused-ring (bicyclic) bond motifs is 2. The van der Waals surface area contributed by atoms with E-state index in [4.69, 9.17) is 4.98 Å². The highest BCUT2D eigenvalue weighted by Gasteiger charge is 2.18. The monoisotopic (exact) mass is 492 g/mol. The van der Waals surface area contributed by atoms with E-state index in [1.165, 1.54) is 0 Å². The minimum atomic E-state index is -0.0659. The summed E-state index contributed by atoms with van der Waals surface area (Å²) in [5.74, 6) is 0.651. The van der Waals surface area contributed by atoms with E-state index in [2.05, 4.69) is 79.6 Å². The van der Waals surface area contributed by atoms with Crippen molar-refractivity contribution in [3.8, 4) is 33.9 Å². The molecule has 0 aromatic carbocycles. The van der Waals surface area contributed by atoms with Gasteiger partial charge in [0.2, 0.25) is 0 Å². The average molecular weight is 493 g/mol. The number of nitrogens with one attached hydrogen (secondary N) is 3. The molecule has 178 valence electrons. The van der Waals surface area contributed by atoms with Gasteiger partial charge < -0.3 is 10.3 Å². The van der Waals surface area contributed by atoms with Gasteiger partial charge in [0.1, 0.15) is 5.69 Å². The first-order chi connectivity index (χ1) is 17.4. The Morgan fingerprint density at radius 3 is 2.75 bits per heavy atom. The van der Waals surface area contributed by atoms with Gasteiger partial charge in [-0.25, -0.2) is 9.97 Å². The van der Waals surface area contributed by atoms with Gasteiger partial charge in [0.25, 0.3) is 0 Å². The lowest BCUT2D eigenvalue weighted by molar-refractivity contribution is 0.509. The van der Waals surface area contributed by atoms with E-state index in [1.54, 1.807) is 36.1 Å². The Balaban J connectivity index is 1.40. The van der Waals surface area contributed by atoms with Gasteiger partial charge in [-0.05, 0) is 40.6 Å². The smallest absolute Gasteiger partial charge is 0.178 e. The first-order valence-corrected chi connectivity index (χ1v) is 12.4. The summed E-state index contributed by atoms with van der Waals surface area (Å²) < 4.78 is 0. The number of aromatic nitrogens is 7. The summed E-state index contributed by atoms with van der Waals surface area (Å²) in [6, 6.07) is 8.12. The number of hydrogen-bond donors (Lipinski definition) is 3. The Kier molecular flexibility index (Phi) is 5.15. The van der Waals surface area contributed by atoms with Crippen molar-refractivity contribution in [2.45, 2.75) is 20.8 Å². The van der Waals surface area contributed by atoms with Crippen LogP contribution in [-0.2, 0) is 0 Å². The first kappa shape index (κ1) is 22.1. The standard InChI is InChI=1S/C27H24N8S/c1-15(27(2,3)4)31-18-9-17(11-28-12-18)21-10-20-22(13-30-21)34-35-24(20)26-32-23-19(16-6-8-36-14-16)5-7-29-25(23)33-26/h5-14,31H,1H2,2-4H3,(H,34,35)(H,29,32,33). The molecule has 3 N–H and O–H groups in total. The van der Waals surface area contributed by atoms with Crippen LogP contribution in [0.2, 0.25) is 0 Å². The number of H-pyrrole nitrogens is 2. The third-order valence-electron chi connectivity index (χ3n) is 6.13. The number of nitrogens with zero attached hydrogens (tertiary/aromatic N) is 5. The Labute approximate surface area is 211 Å². The maximum Gasteiger partial charge on any atom is 0.178 e. The number of aromatic amines is 2. The van der Waals surface area contributed by atoms with Crippen molar-refractivity contribution in [2.75, 3.05) is 5.32 Å². The van der Waals surface area contributed by atoms with Crippen molar-refractivity contribution in [3.63, 3.8) is 0 Å². The third kappa shape index (κ3) is 3.93. The number of allylic oxidation sites excluding steroid dienone is 1. The van der Waals surface area contributed by atoms with Gasteiger partial charge in [-0.15, -0.1) is 0 Å². The van der Waals surface area contributed by atoms with E-state index in [1.807, 2.05) is 18.2 Å². The molecule has 0 bridgehead atoms. The zero-order valence-corrected chi connectivity index (χ0v) is 20.9. The second-order valence-electron chi connectivity index (χ2n) is 9.66. The maximum atomic E-state index is 4.75. The Bertz CT molecular complexity index is 1720. The molecule has 6 aromatic rings. The minimum Gasteiger partial charge on any atom is -0.358 e. The normalized spacial score (nSPS) is 11.9. The van der Waals surface area contributed by atoms with Crippen LogP contribution in [0.5, 0.6) is 0 Å². The molecule has 36 heavy (non-hydrogen) atoms. The molecule has 0 radical (unpaired) electrons. The fraction of sp³-hybridized carbons (Fsp3) is 0.148. The van der Waals surface area contributed by atoms with Crippen LogP contribution in [0.15, 0.2) is 72.1 Å². The molecule has 6 rings (SSSR count). The summed E-state index contributed by atoms with van der Waals surface area (Å²) >= 11 is 1.66. The lowest BCUT2D eigenvalue weighted by Crippen LogP contribution is -2.15. The van der Waals surface area contributed by atoms with Gasteiger partial charge in [-0.2, -0.15) is 16.4 Å². The van der Waals surface area contributed by atoms with E-state index in [0.29, 0.717) is 17.2 Å². The van der Waals surface area contributed by atoms with Gasteiger partial charge in [0.15, 0.2) is 11.5 Å². The van der Waals surface area contributed by atoms with Crippen LogP contribution in [0.25, 0.3) is 56.0 Å². The summed E-state index contributed by atoms with van der Waals surface area (Å²) in [7, 11) is 0. The van der Waals surface area contributed by atoms with Gasteiger partial charge in [0.05, 0.1) is 34.8 Å². The molecule has 8 nitrogen and oxygen atoms in total. The topological polar surface area (TPSA) is 108 Å². The zero-order chi connectivity index (χ0) is 24.9. The molecule has 9 heteroatoms. The van der Waals surface area contributed by atoms with Crippen molar-refractivity contribution < 1.29 is 0 Å². The van der Waals surface area contributed by atoms with Crippen molar-refractivity contribution >= 4 is 39.1 Å². The highest BCUT2D eigenvalue weighted by Crippen LogP contribution is 2.33. The maximum absolute atomic E-state index is 4.75. The molecule has 0 amide bonds. The van der Waals surface area contributed by atoms with Crippen LogP contribution < -0.4 is 5.32 Å². The van der Waals surface area contributed by atoms with Crippen molar-refractivity contribution in [1.29, 1.82) is 0 Å². The molecule has 6 heterocycles. The molecule has 0 saturated carbocycles. The Hall–Kier alpha value is -4.37. The molecular weight excluding hydrogens is 468 g/mol. The summed E-state index contributed by atoms with van der Waals surface area (Å²) in [5, 5.41) is 16.1. The SMILES string of the molecule is C=C(Nc1cncc(-c2cc3c(-c4nc5nccc(-c6ccsc6)c5[nH]4)n[nH]c3cn2)c1)C(C)(C)C. The molecule has 0 unspecified atom stereocenters. The number of rotatable bonds is 5. The van der Waals surface area contributed by atoms with Gasteiger partial charge >= 0.3 is 0 Å². The van der Waals surface area contributed by atoms with E-state index in [0.717, 1.165) is 50.2 Å². The Morgan fingerprint density at radius 2 is 1.94 bits per heavy atom. The quantitative estimate of drug-likeness (QED) is 0.248. The van der Waals surface area contributed by atoms with Crippen molar-refractivity contribution in [2.24, 2.45) is 5.41 Å². The lowest BCUT2D eigenvalue weighted by Gasteiger charge is -2.23. The van der Waals surface area contributed by atoms with Crippen LogP contribution in [0.4, 0.5) is 5.69 Å². The predicted molar refractivity (Wildman–Crippen MR) is 146 cm³/mol. The van der Waals surface area contributed by atoms with E-state index < -0.39 is 0 Å². The molecule has 0 aliphatic heterocycles. The fourth-order valence-corrected chi connectivity index (χ4v) is 4.60. The van der Waals surface area contributed by atoms with Gasteiger partial charge in [-0.1, -0.05) is 27.4 Å². The highest BCUT2D eigenvalue weighted by molar-refractivity contribution is 7.08. The molecular formula is C27H24N8S. The summed E-state index contributed by atoms with van der Waals surface area (Å²) in [6.07, 6.45) is 7.16. The predicted octanol–water partition coefficient (Wildman–Crippen LogP) is 6.66. The number of thiophene rings is 1. The number of pyridine rings is 3. The highest BCUT2D eigenvalue weighted by atomic mass is 32.1. The van der Waals surface area contributed by atoms with E-state index in [9.17, 15) is 0 Å². The van der Waals surface area contributed by atoms with Crippen LogP contribution in [-0.4, -0.2) is 35.1 Å². The van der Waals surface area contributed by atoms with Gasteiger partial charge in [0, 0.05) is 40.0 Å². The van der Waals surface area contributed by atoms with Gasteiger partial charge in [-0.3, -0.25) is 15.1 Å². The molecule has 0 aliphatic carbocycles. The zero-order valence-electron chi connectivity index (χ0n) is 20.1. The van der Waals surface area contributed by atoms with Crippen molar-refractivity contribution in [3.05, 3.63) is 72.1 Å². The van der Waals surface area contributed by atoms with Crippen LogP contribution >= 0.6 is 11.3 Å². The summed E-state index contributed by atoms with van der Waals surface area (Å²) in [5.41, 5.74) is 8.68. The van der Waals surface area contributed by atoms with Crippen molar-refractivity contribution in [1.82, 2.24) is 35.1 Å². The molecule has 0 atom stereocenters. The summed E-state index contributed by atoms with van der Waals surface area (Å²) in [4.78, 5) is 21.7. The minimum absolute atomic E-state index is 0.0659. The summed E-state index contributed by atoms with van der Waals surface area (Å²) in [6.45, 7) is 10.5. The molecule has 0 fully saturated rings. The van der Waals surface area contributed by atoms with E-state index >= 15 is 0 Å². The number of hydrogen-bond acceptors (Lipinski definition) is 7. The Morgan fingerprint density at radius 1 is 1.06 bits per heavy atom. The third-order valence-corrected chi connectivity index (χ3v) is 6.81. The van der Waals surface area contributed by atoms with Crippen LogP contribution in [0, 0.1) is 5.41 Å². The first-order valence-electron chi connectivity index (χ1n) is 11.5. The molecule has 6 aromatic heterocycles. The van der Waals surface area contributed by atoms with Crippen LogP contribution in [0.1, 0.15) is 20.8 Å². The van der Waals surface area contributed by atoms with Crippen LogP contribution in [0.3, 0.4) is 0 Å². The molecule has 0 saturated heterocycles. The van der Waals surface area contributed by atoms with E-state index in [-0.39, 0.29) is 5.41 Å². The fourth-order valence-electron chi connectivity index (χ4n) is 3.95. The molecule has 0 aliphatic rings. The number of imidazole rings is 1.